The van der Waals surface area contributed by atoms with E-state index in [0.717, 1.165) is 26.2 Å². The Morgan fingerprint density at radius 2 is 2.05 bits per heavy atom. The van der Waals surface area contributed by atoms with E-state index in [1.807, 2.05) is 0 Å². The molecular formula is C12H17ClFN3O2S. The summed E-state index contributed by atoms with van der Waals surface area (Å²) in [4.78, 5) is 2.05. The number of para-hydroxylation sites is 1. The highest BCUT2D eigenvalue weighted by atomic mass is 35.5. The summed E-state index contributed by atoms with van der Waals surface area (Å²) in [5, 5.41) is 3.24. The minimum Gasteiger partial charge on any atom is -0.314 e. The van der Waals surface area contributed by atoms with E-state index in [1.165, 1.54) is 18.2 Å². The number of hydrogen-bond donors (Lipinski definition) is 2. The molecule has 0 aromatic heterocycles. The number of benzene rings is 1. The van der Waals surface area contributed by atoms with Gasteiger partial charge in [0.2, 0.25) is 10.0 Å². The molecule has 2 N–H and O–H groups in total. The Balaban J connectivity index is 1.96. The standard InChI is InChI=1S/C12H17ClFN3O2S/c13-10-2-1-3-11(14)12(10)16-20(18,19)9-8-17-6-4-15-5-7-17/h1-3,15-16H,4-9H2. The lowest BCUT2D eigenvalue weighted by molar-refractivity contribution is 0.254. The highest BCUT2D eigenvalue weighted by molar-refractivity contribution is 7.92. The fourth-order valence-corrected chi connectivity index (χ4v) is 3.37. The largest absolute Gasteiger partial charge is 0.314 e. The predicted molar refractivity (Wildman–Crippen MR) is 78.1 cm³/mol. The molecule has 1 aromatic rings. The van der Waals surface area contributed by atoms with Crippen molar-refractivity contribution in [3.63, 3.8) is 0 Å². The molecule has 20 heavy (non-hydrogen) atoms. The van der Waals surface area contributed by atoms with E-state index in [0.29, 0.717) is 6.54 Å². The average Bonchev–Trinajstić information content (AvgIpc) is 2.42. The molecule has 0 saturated carbocycles. The Kier molecular flexibility index (Phi) is 5.20. The summed E-state index contributed by atoms with van der Waals surface area (Å²) in [7, 11) is -3.62. The van der Waals surface area contributed by atoms with Gasteiger partial charge < -0.3 is 5.32 Å². The first-order valence-corrected chi connectivity index (χ1v) is 8.38. The fourth-order valence-electron chi connectivity index (χ4n) is 1.99. The Bertz CT molecular complexity index is 542. The minimum atomic E-state index is -3.62. The second-order valence-electron chi connectivity index (χ2n) is 4.61. The molecule has 0 bridgehead atoms. The number of halogens is 2. The molecule has 0 spiro atoms. The van der Waals surface area contributed by atoms with Gasteiger partial charge in [0, 0.05) is 32.7 Å². The van der Waals surface area contributed by atoms with Crippen molar-refractivity contribution in [2.45, 2.75) is 0 Å². The Morgan fingerprint density at radius 1 is 1.35 bits per heavy atom. The fraction of sp³-hybridized carbons (Fsp3) is 0.500. The van der Waals surface area contributed by atoms with E-state index < -0.39 is 15.8 Å². The van der Waals surface area contributed by atoms with Gasteiger partial charge >= 0.3 is 0 Å². The van der Waals surface area contributed by atoms with Crippen LogP contribution in [0.15, 0.2) is 18.2 Å². The monoisotopic (exact) mass is 321 g/mol. The van der Waals surface area contributed by atoms with Gasteiger partial charge in [-0.2, -0.15) is 0 Å². The smallest absolute Gasteiger partial charge is 0.234 e. The van der Waals surface area contributed by atoms with Gasteiger partial charge in [0.25, 0.3) is 0 Å². The molecule has 1 aliphatic rings. The topological polar surface area (TPSA) is 61.4 Å². The third-order valence-electron chi connectivity index (χ3n) is 3.11. The minimum absolute atomic E-state index is 0.0516. The van der Waals surface area contributed by atoms with Gasteiger partial charge in [0.1, 0.15) is 11.5 Å². The molecule has 0 aliphatic carbocycles. The van der Waals surface area contributed by atoms with Crippen molar-refractivity contribution in [1.82, 2.24) is 10.2 Å². The van der Waals surface area contributed by atoms with Crippen LogP contribution in [-0.2, 0) is 10.0 Å². The second kappa shape index (κ2) is 6.71. The first-order valence-electron chi connectivity index (χ1n) is 6.35. The highest BCUT2D eigenvalue weighted by Crippen LogP contribution is 2.25. The van der Waals surface area contributed by atoms with E-state index in [2.05, 4.69) is 14.9 Å². The van der Waals surface area contributed by atoms with Crippen molar-refractivity contribution in [2.75, 3.05) is 43.2 Å². The van der Waals surface area contributed by atoms with Crippen LogP contribution in [0.5, 0.6) is 0 Å². The Morgan fingerprint density at radius 3 is 2.70 bits per heavy atom. The van der Waals surface area contributed by atoms with Gasteiger partial charge in [-0.1, -0.05) is 17.7 Å². The van der Waals surface area contributed by atoms with Crippen LogP contribution >= 0.6 is 11.6 Å². The number of nitrogens with zero attached hydrogens (tertiary/aromatic N) is 1. The van der Waals surface area contributed by atoms with Crippen molar-refractivity contribution >= 4 is 27.3 Å². The molecule has 0 unspecified atom stereocenters. The van der Waals surface area contributed by atoms with Crippen LogP contribution in [0, 0.1) is 5.82 Å². The zero-order valence-corrected chi connectivity index (χ0v) is 12.5. The van der Waals surface area contributed by atoms with Gasteiger partial charge in [0.05, 0.1) is 10.8 Å². The normalized spacial score (nSPS) is 17.1. The molecule has 0 amide bonds. The van der Waals surface area contributed by atoms with E-state index in [4.69, 9.17) is 11.6 Å². The van der Waals surface area contributed by atoms with Crippen LogP contribution in [0.2, 0.25) is 5.02 Å². The Labute approximate surface area is 123 Å². The van der Waals surface area contributed by atoms with Gasteiger partial charge in [-0.3, -0.25) is 9.62 Å². The zero-order chi connectivity index (χ0) is 14.6. The maximum Gasteiger partial charge on any atom is 0.234 e. The number of hydrogen-bond acceptors (Lipinski definition) is 4. The van der Waals surface area contributed by atoms with Crippen LogP contribution in [-0.4, -0.2) is 51.8 Å². The summed E-state index contributed by atoms with van der Waals surface area (Å²) in [6.07, 6.45) is 0. The summed E-state index contributed by atoms with van der Waals surface area (Å²) in [6, 6.07) is 4.04. The number of nitrogens with one attached hydrogen (secondary N) is 2. The summed E-state index contributed by atoms with van der Waals surface area (Å²) in [6.45, 7) is 3.76. The molecule has 1 aliphatic heterocycles. The molecule has 0 radical (unpaired) electrons. The van der Waals surface area contributed by atoms with E-state index in [1.54, 1.807) is 0 Å². The molecule has 8 heteroatoms. The average molecular weight is 322 g/mol. The van der Waals surface area contributed by atoms with Crippen LogP contribution in [0.3, 0.4) is 0 Å². The van der Waals surface area contributed by atoms with Gasteiger partial charge in [-0.15, -0.1) is 0 Å². The summed E-state index contributed by atoms with van der Waals surface area (Å²) < 4.78 is 39.7. The molecule has 112 valence electrons. The van der Waals surface area contributed by atoms with Gasteiger partial charge in [-0.05, 0) is 12.1 Å². The third-order valence-corrected chi connectivity index (χ3v) is 4.66. The third kappa shape index (κ3) is 4.31. The zero-order valence-electron chi connectivity index (χ0n) is 10.9. The van der Waals surface area contributed by atoms with E-state index >= 15 is 0 Å². The highest BCUT2D eigenvalue weighted by Gasteiger charge is 2.18. The molecule has 0 atom stereocenters. The van der Waals surface area contributed by atoms with Crippen molar-refractivity contribution in [1.29, 1.82) is 0 Å². The van der Waals surface area contributed by atoms with Crippen LogP contribution in [0.1, 0.15) is 0 Å². The first-order chi connectivity index (χ1) is 9.48. The van der Waals surface area contributed by atoms with E-state index in [9.17, 15) is 12.8 Å². The lowest BCUT2D eigenvalue weighted by atomic mass is 10.3. The first kappa shape index (κ1) is 15.5. The predicted octanol–water partition coefficient (Wildman–Crippen LogP) is 1.13. The number of sulfonamides is 1. The van der Waals surface area contributed by atoms with Crippen molar-refractivity contribution < 1.29 is 12.8 Å². The lowest BCUT2D eigenvalue weighted by Gasteiger charge is -2.26. The molecule has 1 saturated heterocycles. The van der Waals surface area contributed by atoms with Gasteiger partial charge in [0.15, 0.2) is 0 Å². The number of anilines is 1. The quantitative estimate of drug-likeness (QED) is 0.853. The SMILES string of the molecule is O=S(=O)(CCN1CCNCC1)Nc1c(F)cccc1Cl. The molecule has 1 heterocycles. The maximum atomic E-state index is 13.5. The van der Waals surface area contributed by atoms with Crippen LogP contribution in [0.4, 0.5) is 10.1 Å². The summed E-state index contributed by atoms with van der Waals surface area (Å²) in [5.74, 6) is -0.763. The maximum absolute atomic E-state index is 13.5. The van der Waals surface area contributed by atoms with Crippen molar-refractivity contribution in [3.05, 3.63) is 29.0 Å². The summed E-state index contributed by atoms with van der Waals surface area (Å²) >= 11 is 5.80. The van der Waals surface area contributed by atoms with Crippen LogP contribution < -0.4 is 10.0 Å². The molecule has 5 nitrogen and oxygen atoms in total. The molecule has 2 rings (SSSR count). The molecule has 1 aromatic carbocycles. The summed E-state index contributed by atoms with van der Waals surface area (Å²) in [5.41, 5.74) is -0.186. The lowest BCUT2D eigenvalue weighted by Crippen LogP contribution is -2.45. The van der Waals surface area contributed by atoms with Crippen LogP contribution in [0.25, 0.3) is 0 Å². The van der Waals surface area contributed by atoms with Crippen molar-refractivity contribution in [2.24, 2.45) is 0 Å². The van der Waals surface area contributed by atoms with Gasteiger partial charge in [-0.25, -0.2) is 12.8 Å². The number of piperazine rings is 1. The Hall–Kier alpha value is -0.890. The molecule has 1 fully saturated rings. The van der Waals surface area contributed by atoms with Crippen molar-refractivity contribution in [3.8, 4) is 0 Å². The second-order valence-corrected chi connectivity index (χ2v) is 6.86. The van der Waals surface area contributed by atoms with E-state index in [-0.39, 0.29) is 16.5 Å². The molecular weight excluding hydrogens is 305 g/mol. The number of rotatable bonds is 5.